The molecule has 1 amide bonds. The molecule has 4 aromatic rings. The van der Waals surface area contributed by atoms with Gasteiger partial charge in [-0.25, -0.2) is 13.1 Å². The van der Waals surface area contributed by atoms with E-state index in [0.717, 1.165) is 10.9 Å². The smallest absolute Gasteiger partial charge is 0.272 e. The molecule has 0 aliphatic heterocycles. The maximum absolute atomic E-state index is 12.5. The Balaban J connectivity index is 1.44. The SMILES string of the molecule is O=C(Nc1ccc(S(=O)(=O)NCc2ccccc2)cc1)c1cc2cccc(Cl)c2[nH]1. The molecule has 1 aromatic heterocycles. The Kier molecular flexibility index (Phi) is 5.59. The van der Waals surface area contributed by atoms with Crippen molar-refractivity contribution in [3.63, 3.8) is 0 Å². The van der Waals surface area contributed by atoms with E-state index < -0.39 is 10.0 Å². The van der Waals surface area contributed by atoms with E-state index >= 15 is 0 Å². The number of anilines is 1. The molecule has 0 aliphatic carbocycles. The molecule has 0 saturated heterocycles. The van der Waals surface area contributed by atoms with Crippen molar-refractivity contribution in [2.75, 3.05) is 5.32 Å². The first-order valence-electron chi connectivity index (χ1n) is 9.15. The van der Waals surface area contributed by atoms with Crippen LogP contribution in [0.15, 0.2) is 83.8 Å². The minimum Gasteiger partial charge on any atom is -0.349 e. The molecule has 0 bridgehead atoms. The summed E-state index contributed by atoms with van der Waals surface area (Å²) >= 11 is 6.13. The Morgan fingerprint density at radius 2 is 1.67 bits per heavy atom. The number of rotatable bonds is 6. The molecule has 0 spiro atoms. The molecule has 1 heterocycles. The van der Waals surface area contributed by atoms with Crippen LogP contribution in [0.4, 0.5) is 5.69 Å². The zero-order valence-electron chi connectivity index (χ0n) is 15.7. The molecule has 8 heteroatoms. The van der Waals surface area contributed by atoms with Crippen molar-refractivity contribution in [2.24, 2.45) is 0 Å². The summed E-state index contributed by atoms with van der Waals surface area (Å²) in [6.07, 6.45) is 0. The van der Waals surface area contributed by atoms with E-state index in [0.29, 0.717) is 21.9 Å². The molecule has 30 heavy (non-hydrogen) atoms. The molecule has 4 rings (SSSR count). The molecule has 0 aliphatic rings. The minimum atomic E-state index is -3.66. The average molecular weight is 440 g/mol. The number of amides is 1. The standard InChI is InChI=1S/C22H18ClN3O3S/c23-19-8-4-7-16-13-20(26-21(16)19)22(27)25-17-9-11-18(12-10-17)30(28,29)24-14-15-5-2-1-3-6-15/h1-13,24,26H,14H2,(H,25,27). The third-order valence-electron chi connectivity index (χ3n) is 4.58. The number of fused-ring (bicyclic) bond motifs is 1. The number of halogens is 1. The summed E-state index contributed by atoms with van der Waals surface area (Å²) in [5.74, 6) is -0.347. The second-order valence-electron chi connectivity index (χ2n) is 6.68. The molecule has 0 atom stereocenters. The van der Waals surface area contributed by atoms with Gasteiger partial charge in [-0.2, -0.15) is 0 Å². The van der Waals surface area contributed by atoms with Crippen LogP contribution in [0.5, 0.6) is 0 Å². The largest absolute Gasteiger partial charge is 0.349 e. The lowest BCUT2D eigenvalue weighted by Gasteiger charge is -2.08. The van der Waals surface area contributed by atoms with Gasteiger partial charge in [0.25, 0.3) is 5.91 Å². The van der Waals surface area contributed by atoms with E-state index in [2.05, 4.69) is 15.0 Å². The van der Waals surface area contributed by atoms with Crippen LogP contribution in [0.1, 0.15) is 16.1 Å². The van der Waals surface area contributed by atoms with Gasteiger partial charge in [0, 0.05) is 17.6 Å². The van der Waals surface area contributed by atoms with Crippen LogP contribution in [0.2, 0.25) is 5.02 Å². The molecular formula is C22H18ClN3O3S. The Morgan fingerprint density at radius 1 is 0.933 bits per heavy atom. The molecule has 0 radical (unpaired) electrons. The Labute approximate surface area is 178 Å². The maximum Gasteiger partial charge on any atom is 0.272 e. The lowest BCUT2D eigenvalue weighted by Crippen LogP contribution is -2.23. The van der Waals surface area contributed by atoms with Crippen LogP contribution in [0.25, 0.3) is 10.9 Å². The minimum absolute atomic E-state index is 0.119. The monoisotopic (exact) mass is 439 g/mol. The number of H-pyrrole nitrogens is 1. The number of aromatic nitrogens is 1. The average Bonchev–Trinajstić information content (AvgIpc) is 3.20. The van der Waals surface area contributed by atoms with Crippen LogP contribution < -0.4 is 10.0 Å². The fraction of sp³-hybridized carbons (Fsp3) is 0.0455. The van der Waals surface area contributed by atoms with Gasteiger partial charge in [-0.05, 0) is 42.0 Å². The van der Waals surface area contributed by atoms with Gasteiger partial charge in [0.1, 0.15) is 5.69 Å². The number of carbonyl (C=O) groups is 1. The lowest BCUT2D eigenvalue weighted by atomic mass is 10.2. The van der Waals surface area contributed by atoms with Gasteiger partial charge in [-0.1, -0.05) is 54.1 Å². The number of hydrogen-bond donors (Lipinski definition) is 3. The molecule has 0 unspecified atom stereocenters. The summed E-state index contributed by atoms with van der Waals surface area (Å²) in [6, 6.07) is 22.4. The predicted octanol–water partition coefficient (Wildman–Crippen LogP) is 4.55. The van der Waals surface area contributed by atoms with Gasteiger partial charge in [0.05, 0.1) is 15.4 Å². The summed E-state index contributed by atoms with van der Waals surface area (Å²) in [5, 5.41) is 4.11. The van der Waals surface area contributed by atoms with Crippen molar-refractivity contribution in [1.29, 1.82) is 0 Å². The number of aromatic amines is 1. The lowest BCUT2D eigenvalue weighted by molar-refractivity contribution is 0.102. The highest BCUT2D eigenvalue weighted by Gasteiger charge is 2.15. The fourth-order valence-corrected chi connectivity index (χ4v) is 4.26. The fourth-order valence-electron chi connectivity index (χ4n) is 3.01. The molecule has 6 nitrogen and oxygen atoms in total. The van der Waals surface area contributed by atoms with Gasteiger partial charge in [-0.15, -0.1) is 0 Å². The summed E-state index contributed by atoms with van der Waals surface area (Å²) in [7, 11) is -3.66. The van der Waals surface area contributed by atoms with Gasteiger partial charge in [-0.3, -0.25) is 4.79 Å². The first-order chi connectivity index (χ1) is 14.4. The Bertz CT molecular complexity index is 1300. The number of sulfonamides is 1. The molecule has 0 fully saturated rings. The Hall–Kier alpha value is -3.13. The topological polar surface area (TPSA) is 91.1 Å². The summed E-state index contributed by atoms with van der Waals surface area (Å²) < 4.78 is 27.5. The van der Waals surface area contributed by atoms with Crippen molar-refractivity contribution in [2.45, 2.75) is 11.4 Å². The third-order valence-corrected chi connectivity index (χ3v) is 6.31. The molecule has 152 valence electrons. The highest BCUT2D eigenvalue weighted by atomic mass is 35.5. The van der Waals surface area contributed by atoms with Crippen molar-refractivity contribution in [3.05, 3.63) is 95.1 Å². The first kappa shape index (κ1) is 20.2. The zero-order valence-corrected chi connectivity index (χ0v) is 17.3. The number of para-hydroxylation sites is 1. The van der Waals surface area contributed by atoms with Crippen molar-refractivity contribution >= 4 is 44.1 Å². The van der Waals surface area contributed by atoms with Crippen LogP contribution in [0.3, 0.4) is 0 Å². The maximum atomic E-state index is 12.5. The summed E-state index contributed by atoms with van der Waals surface area (Å²) in [5.41, 5.74) is 2.39. The van der Waals surface area contributed by atoms with Gasteiger partial charge >= 0.3 is 0 Å². The van der Waals surface area contributed by atoms with E-state index in [1.165, 1.54) is 12.1 Å². The highest BCUT2D eigenvalue weighted by molar-refractivity contribution is 7.89. The second kappa shape index (κ2) is 8.31. The number of benzene rings is 3. The molecule has 3 aromatic carbocycles. The van der Waals surface area contributed by atoms with E-state index in [1.807, 2.05) is 42.5 Å². The number of nitrogens with one attached hydrogen (secondary N) is 3. The highest BCUT2D eigenvalue weighted by Crippen LogP contribution is 2.24. The predicted molar refractivity (Wildman–Crippen MR) is 118 cm³/mol. The van der Waals surface area contributed by atoms with Crippen LogP contribution in [-0.2, 0) is 16.6 Å². The summed E-state index contributed by atoms with van der Waals surface area (Å²) in [6.45, 7) is 0.199. The van der Waals surface area contributed by atoms with Crippen molar-refractivity contribution in [3.8, 4) is 0 Å². The van der Waals surface area contributed by atoms with Crippen LogP contribution in [0, 0.1) is 0 Å². The Morgan fingerprint density at radius 3 is 2.37 bits per heavy atom. The third kappa shape index (κ3) is 4.38. The van der Waals surface area contributed by atoms with E-state index in [4.69, 9.17) is 11.6 Å². The second-order valence-corrected chi connectivity index (χ2v) is 8.85. The first-order valence-corrected chi connectivity index (χ1v) is 11.0. The van der Waals surface area contributed by atoms with Gasteiger partial charge < -0.3 is 10.3 Å². The normalized spacial score (nSPS) is 11.5. The van der Waals surface area contributed by atoms with E-state index in [-0.39, 0.29) is 17.3 Å². The van der Waals surface area contributed by atoms with Crippen molar-refractivity contribution in [1.82, 2.24) is 9.71 Å². The van der Waals surface area contributed by atoms with E-state index in [9.17, 15) is 13.2 Å². The van der Waals surface area contributed by atoms with Gasteiger partial charge in [0.15, 0.2) is 0 Å². The molecular weight excluding hydrogens is 422 g/mol. The molecule has 3 N–H and O–H groups in total. The van der Waals surface area contributed by atoms with Crippen molar-refractivity contribution < 1.29 is 13.2 Å². The van der Waals surface area contributed by atoms with Crippen LogP contribution >= 0.6 is 11.6 Å². The zero-order chi connectivity index (χ0) is 21.1. The van der Waals surface area contributed by atoms with E-state index in [1.54, 1.807) is 24.3 Å². The van der Waals surface area contributed by atoms with Crippen LogP contribution in [-0.4, -0.2) is 19.3 Å². The van der Waals surface area contributed by atoms with Gasteiger partial charge in [0.2, 0.25) is 10.0 Å². The number of carbonyl (C=O) groups excluding carboxylic acids is 1. The quantitative estimate of drug-likeness (QED) is 0.411. The molecule has 0 saturated carbocycles. The summed E-state index contributed by atoms with van der Waals surface area (Å²) in [4.78, 5) is 15.6. The number of hydrogen-bond acceptors (Lipinski definition) is 3.